The molecule has 33 heavy (non-hydrogen) atoms. The third-order valence-electron chi connectivity index (χ3n) is 6.22. The van der Waals surface area contributed by atoms with Crippen molar-refractivity contribution in [2.75, 3.05) is 26.2 Å². The van der Waals surface area contributed by atoms with E-state index in [2.05, 4.69) is 10.1 Å². The van der Waals surface area contributed by atoms with Crippen molar-refractivity contribution in [3.63, 3.8) is 0 Å². The molecule has 1 aliphatic rings. The lowest BCUT2D eigenvalue weighted by Gasteiger charge is -2.31. The van der Waals surface area contributed by atoms with Gasteiger partial charge in [0.2, 0.25) is 5.43 Å². The fourth-order valence-electron chi connectivity index (χ4n) is 4.43. The number of aromatic nitrogens is 1. The Morgan fingerprint density at radius 3 is 2.76 bits per heavy atom. The lowest BCUT2D eigenvalue weighted by Crippen LogP contribution is -2.34. The van der Waals surface area contributed by atoms with E-state index >= 15 is 0 Å². The van der Waals surface area contributed by atoms with Crippen LogP contribution in [0, 0.1) is 5.82 Å². The van der Waals surface area contributed by atoms with E-state index in [1.807, 2.05) is 0 Å². The van der Waals surface area contributed by atoms with Gasteiger partial charge in [-0.25, -0.2) is 4.39 Å². The molecule has 2 aromatic carbocycles. The molecule has 1 fully saturated rings. The van der Waals surface area contributed by atoms with Gasteiger partial charge in [-0.1, -0.05) is 5.16 Å². The Morgan fingerprint density at radius 1 is 1.12 bits per heavy atom. The molecule has 0 radical (unpaired) electrons. The number of fused-ring (bicyclic) bond motifs is 2. The van der Waals surface area contributed by atoms with Gasteiger partial charge in [0, 0.05) is 30.0 Å². The molecule has 0 amide bonds. The van der Waals surface area contributed by atoms with Gasteiger partial charge in [-0.2, -0.15) is 0 Å². The molecule has 0 bridgehead atoms. The number of likely N-dealkylation sites (tertiary alicyclic amines) is 1. The van der Waals surface area contributed by atoms with Gasteiger partial charge in [0.15, 0.2) is 11.9 Å². The number of carbonyl (C=O) groups is 1. The molecule has 3 heterocycles. The Hall–Kier alpha value is -3.52. The van der Waals surface area contributed by atoms with E-state index in [9.17, 15) is 14.0 Å². The van der Waals surface area contributed by atoms with Crippen molar-refractivity contribution >= 4 is 28.2 Å². The summed E-state index contributed by atoms with van der Waals surface area (Å²) in [6, 6.07) is 9.59. The summed E-state index contributed by atoms with van der Waals surface area (Å²) in [5.74, 6) is 0.622. The molecular formula is C25H23FN2O5. The maximum Gasteiger partial charge on any atom is 0.203 e. The molecule has 8 heteroatoms. The zero-order valence-corrected chi connectivity index (χ0v) is 18.0. The highest BCUT2D eigenvalue weighted by molar-refractivity contribution is 5.84. The smallest absolute Gasteiger partial charge is 0.203 e. The van der Waals surface area contributed by atoms with Crippen molar-refractivity contribution in [3.8, 4) is 5.75 Å². The van der Waals surface area contributed by atoms with E-state index in [0.717, 1.165) is 50.0 Å². The average molecular weight is 450 g/mol. The van der Waals surface area contributed by atoms with Crippen LogP contribution in [0.3, 0.4) is 0 Å². The minimum absolute atomic E-state index is 0.00516. The molecule has 7 nitrogen and oxygen atoms in total. The molecule has 0 atom stereocenters. The van der Waals surface area contributed by atoms with Crippen LogP contribution < -0.4 is 10.2 Å². The summed E-state index contributed by atoms with van der Waals surface area (Å²) in [4.78, 5) is 25.4. The van der Waals surface area contributed by atoms with Gasteiger partial charge in [-0.15, -0.1) is 0 Å². The van der Waals surface area contributed by atoms with Gasteiger partial charge >= 0.3 is 0 Å². The highest BCUT2D eigenvalue weighted by atomic mass is 19.1. The van der Waals surface area contributed by atoms with Crippen LogP contribution in [0.4, 0.5) is 4.39 Å². The number of halogens is 1. The minimum atomic E-state index is -0.341. The number of piperidine rings is 1. The number of aldehydes is 1. The molecule has 0 N–H and O–H groups in total. The zero-order chi connectivity index (χ0) is 22.8. The third-order valence-corrected chi connectivity index (χ3v) is 6.22. The predicted molar refractivity (Wildman–Crippen MR) is 120 cm³/mol. The molecule has 1 saturated heterocycles. The first kappa shape index (κ1) is 21.3. The number of hydrogen-bond acceptors (Lipinski definition) is 7. The minimum Gasteiger partial charge on any atom is -0.493 e. The first-order valence-corrected chi connectivity index (χ1v) is 11.0. The molecule has 5 rings (SSSR count). The van der Waals surface area contributed by atoms with E-state index < -0.39 is 0 Å². The highest BCUT2D eigenvalue weighted by Crippen LogP contribution is 2.32. The number of hydrogen-bond donors (Lipinski definition) is 0. The van der Waals surface area contributed by atoms with Crippen LogP contribution >= 0.6 is 0 Å². The van der Waals surface area contributed by atoms with Crippen molar-refractivity contribution < 1.29 is 22.9 Å². The number of ether oxygens (including phenoxy) is 1. The number of benzene rings is 2. The second-order valence-corrected chi connectivity index (χ2v) is 8.32. The van der Waals surface area contributed by atoms with E-state index in [1.165, 1.54) is 18.4 Å². The van der Waals surface area contributed by atoms with Crippen LogP contribution in [-0.2, 0) is 0 Å². The molecule has 1 aliphatic heterocycles. The van der Waals surface area contributed by atoms with Crippen LogP contribution in [0.1, 0.15) is 41.2 Å². The van der Waals surface area contributed by atoms with Gasteiger partial charge in [-0.05, 0) is 56.6 Å². The summed E-state index contributed by atoms with van der Waals surface area (Å²) in [5, 5.41) is 5.47. The third kappa shape index (κ3) is 4.39. The van der Waals surface area contributed by atoms with Crippen molar-refractivity contribution in [1.82, 2.24) is 10.1 Å². The summed E-state index contributed by atoms with van der Waals surface area (Å²) in [7, 11) is 0. The lowest BCUT2D eigenvalue weighted by molar-refractivity contribution is 0.112. The SMILES string of the molecule is O=Cc1coc2cc(OCCCN3CCC(c4noc5cc(F)ccc45)CC3)ccc2c1=O. The molecule has 0 aliphatic carbocycles. The quantitative estimate of drug-likeness (QED) is 0.302. The van der Waals surface area contributed by atoms with Crippen molar-refractivity contribution in [2.24, 2.45) is 0 Å². The molecule has 170 valence electrons. The van der Waals surface area contributed by atoms with Crippen molar-refractivity contribution in [1.29, 1.82) is 0 Å². The van der Waals surface area contributed by atoms with Gasteiger partial charge in [0.25, 0.3) is 0 Å². The summed E-state index contributed by atoms with van der Waals surface area (Å²) >= 11 is 0. The Balaban J connectivity index is 1.11. The van der Waals surface area contributed by atoms with E-state index in [0.29, 0.717) is 41.1 Å². The first-order valence-electron chi connectivity index (χ1n) is 11.0. The first-order chi connectivity index (χ1) is 16.1. The Bertz CT molecular complexity index is 1350. The van der Waals surface area contributed by atoms with Gasteiger partial charge in [0.05, 0.1) is 23.3 Å². The normalized spacial score (nSPS) is 15.3. The fraction of sp³-hybridized carbons (Fsp3) is 0.320. The second-order valence-electron chi connectivity index (χ2n) is 8.32. The van der Waals surface area contributed by atoms with Gasteiger partial charge < -0.3 is 18.6 Å². The molecule has 0 spiro atoms. The van der Waals surface area contributed by atoms with Crippen LogP contribution in [0.2, 0.25) is 0 Å². The largest absolute Gasteiger partial charge is 0.493 e. The number of nitrogens with zero attached hydrogens (tertiary/aromatic N) is 2. The maximum absolute atomic E-state index is 13.4. The number of carbonyl (C=O) groups excluding carboxylic acids is 1. The average Bonchev–Trinajstić information content (AvgIpc) is 3.25. The Morgan fingerprint density at radius 2 is 1.94 bits per heavy atom. The Kier molecular flexibility index (Phi) is 5.92. The fourth-order valence-corrected chi connectivity index (χ4v) is 4.43. The molecule has 4 aromatic rings. The van der Waals surface area contributed by atoms with Crippen molar-refractivity contribution in [2.45, 2.75) is 25.2 Å². The second kappa shape index (κ2) is 9.15. The summed E-state index contributed by atoms with van der Waals surface area (Å²) in [6.07, 6.45) is 4.49. The molecule has 0 unspecified atom stereocenters. The van der Waals surface area contributed by atoms with E-state index in [4.69, 9.17) is 13.7 Å². The standard InChI is InChI=1S/C25H23FN2O5/c26-18-2-4-20-23(12-18)33-27-24(20)16-6-9-28(10-7-16)8-1-11-31-19-3-5-21-22(13-19)32-15-17(14-29)25(21)30/h2-5,12-16H,1,6-11H2. The zero-order valence-electron chi connectivity index (χ0n) is 18.0. The van der Waals surface area contributed by atoms with Crippen molar-refractivity contribution in [3.05, 3.63) is 70.0 Å². The topological polar surface area (TPSA) is 85.8 Å². The lowest BCUT2D eigenvalue weighted by atomic mass is 9.91. The molecule has 2 aromatic heterocycles. The molecular weight excluding hydrogens is 427 g/mol. The van der Waals surface area contributed by atoms with Gasteiger partial charge in [-0.3, -0.25) is 9.59 Å². The summed E-state index contributed by atoms with van der Waals surface area (Å²) in [5.41, 5.74) is 1.49. The Labute approximate surface area is 188 Å². The van der Waals surface area contributed by atoms with E-state index in [-0.39, 0.29) is 16.8 Å². The highest BCUT2D eigenvalue weighted by Gasteiger charge is 2.25. The number of rotatable bonds is 7. The van der Waals surface area contributed by atoms with Crippen LogP contribution in [0.25, 0.3) is 21.9 Å². The van der Waals surface area contributed by atoms with Gasteiger partial charge in [0.1, 0.15) is 23.4 Å². The summed E-state index contributed by atoms with van der Waals surface area (Å²) in [6.45, 7) is 3.38. The monoisotopic (exact) mass is 450 g/mol. The van der Waals surface area contributed by atoms with Crippen LogP contribution in [0.15, 0.2) is 56.4 Å². The molecule has 0 saturated carbocycles. The van der Waals surface area contributed by atoms with E-state index in [1.54, 1.807) is 24.3 Å². The summed E-state index contributed by atoms with van der Waals surface area (Å²) < 4.78 is 29.9. The maximum atomic E-state index is 13.4. The van der Waals surface area contributed by atoms with Crippen LogP contribution in [-0.4, -0.2) is 42.6 Å². The van der Waals surface area contributed by atoms with Crippen LogP contribution in [0.5, 0.6) is 5.75 Å². The predicted octanol–water partition coefficient (Wildman–Crippen LogP) is 4.53.